The molecule has 0 saturated carbocycles. The minimum atomic E-state index is 0.858. The van der Waals surface area contributed by atoms with E-state index in [1.807, 2.05) is 24.3 Å². The van der Waals surface area contributed by atoms with Crippen molar-refractivity contribution in [2.75, 3.05) is 4.90 Å². The number of nitrogens with zero attached hydrogens (tertiary/aromatic N) is 1. The topological polar surface area (TPSA) is 29.5 Å². The van der Waals surface area contributed by atoms with Gasteiger partial charge in [-0.15, -0.1) is 0 Å². The van der Waals surface area contributed by atoms with Crippen molar-refractivity contribution >= 4 is 82.5 Å². The number of anilines is 3. The third-order valence-electron chi connectivity index (χ3n) is 10.7. The third kappa shape index (κ3) is 4.68. The molecule has 3 nitrogen and oxygen atoms in total. The van der Waals surface area contributed by atoms with Crippen LogP contribution in [0.2, 0.25) is 0 Å². The van der Waals surface area contributed by atoms with Gasteiger partial charge in [0.15, 0.2) is 0 Å². The van der Waals surface area contributed by atoms with E-state index in [-0.39, 0.29) is 0 Å². The summed E-state index contributed by atoms with van der Waals surface area (Å²) in [5, 5.41) is 9.27. The van der Waals surface area contributed by atoms with Gasteiger partial charge in [0.2, 0.25) is 0 Å². The fourth-order valence-corrected chi connectivity index (χ4v) is 8.23. The molecule has 0 bridgehead atoms. The SMILES string of the molecule is c1ccc(-c2ccc(N(c3ccc(-c4cccc5oc6ccc7oc8ccccc8c7c6c45)cc3)c3cc4ccccc4c4ccccc34)cc2)cc1. The van der Waals surface area contributed by atoms with Gasteiger partial charge in [-0.05, 0) is 93.0 Å². The molecule has 248 valence electrons. The molecule has 0 unspecified atom stereocenters. The Morgan fingerprint density at radius 3 is 1.64 bits per heavy atom. The molecule has 53 heavy (non-hydrogen) atoms. The minimum Gasteiger partial charge on any atom is -0.456 e. The summed E-state index contributed by atoms with van der Waals surface area (Å²) in [5.41, 5.74) is 11.4. The number of benzene rings is 9. The van der Waals surface area contributed by atoms with Crippen molar-refractivity contribution in [1.82, 2.24) is 0 Å². The van der Waals surface area contributed by atoms with Gasteiger partial charge in [-0.2, -0.15) is 0 Å². The Kier molecular flexibility index (Phi) is 6.55. The molecule has 3 heteroatoms. The number of hydrogen-bond donors (Lipinski definition) is 0. The van der Waals surface area contributed by atoms with Crippen LogP contribution in [0.15, 0.2) is 197 Å². The van der Waals surface area contributed by atoms with Gasteiger partial charge in [0, 0.05) is 38.3 Å². The summed E-state index contributed by atoms with van der Waals surface area (Å²) in [6.07, 6.45) is 0. The standard InChI is InChI=1S/C50H31NO2/c1-2-11-32(12-3-1)33-21-25-36(26-22-33)51(43-31-35-13-4-5-14-38(35)40-15-6-7-16-41(40)43)37-27-23-34(24-28-37)39-18-10-20-45-48(39)50-47(53-45)30-29-46-49(50)42-17-8-9-19-44(42)52-46/h1-31H. The quantitative estimate of drug-likeness (QED) is 0.170. The maximum atomic E-state index is 6.49. The Labute approximate surface area is 305 Å². The van der Waals surface area contributed by atoms with Gasteiger partial charge in [0.1, 0.15) is 22.3 Å². The Morgan fingerprint density at radius 1 is 0.321 bits per heavy atom. The van der Waals surface area contributed by atoms with E-state index in [1.54, 1.807) is 0 Å². The molecule has 0 atom stereocenters. The lowest BCUT2D eigenvalue weighted by Crippen LogP contribution is -2.10. The number of hydrogen-bond acceptors (Lipinski definition) is 3. The molecule has 0 aliphatic carbocycles. The molecular weight excluding hydrogens is 647 g/mol. The molecule has 0 amide bonds. The summed E-state index contributed by atoms with van der Waals surface area (Å²) >= 11 is 0. The first-order valence-electron chi connectivity index (χ1n) is 18.0. The van der Waals surface area contributed by atoms with Crippen LogP contribution in [-0.2, 0) is 0 Å². The van der Waals surface area contributed by atoms with Crippen LogP contribution in [0.4, 0.5) is 17.1 Å². The van der Waals surface area contributed by atoms with Gasteiger partial charge in [0.25, 0.3) is 0 Å². The van der Waals surface area contributed by atoms with Gasteiger partial charge in [-0.1, -0.05) is 133 Å². The predicted molar refractivity (Wildman–Crippen MR) is 222 cm³/mol. The Balaban J connectivity index is 1.10. The van der Waals surface area contributed by atoms with Crippen molar-refractivity contribution in [3.05, 3.63) is 188 Å². The summed E-state index contributed by atoms with van der Waals surface area (Å²) in [6, 6.07) is 66.8. The molecule has 0 fully saturated rings. The molecule has 0 spiro atoms. The Morgan fingerprint density at radius 2 is 0.868 bits per heavy atom. The Bertz CT molecular complexity index is 3150. The zero-order chi connectivity index (χ0) is 34.9. The van der Waals surface area contributed by atoms with Crippen LogP contribution in [0.1, 0.15) is 0 Å². The van der Waals surface area contributed by atoms with Crippen LogP contribution in [0.5, 0.6) is 0 Å². The molecule has 2 heterocycles. The monoisotopic (exact) mass is 677 g/mol. The molecule has 0 aliphatic rings. The zero-order valence-corrected chi connectivity index (χ0v) is 28.7. The lowest BCUT2D eigenvalue weighted by atomic mass is 9.96. The second-order valence-electron chi connectivity index (χ2n) is 13.6. The highest BCUT2D eigenvalue weighted by Crippen LogP contribution is 2.45. The van der Waals surface area contributed by atoms with Crippen LogP contribution in [-0.4, -0.2) is 0 Å². The van der Waals surface area contributed by atoms with Crippen LogP contribution in [0, 0.1) is 0 Å². The van der Waals surface area contributed by atoms with Gasteiger partial charge in [-0.3, -0.25) is 0 Å². The molecule has 11 rings (SSSR count). The minimum absolute atomic E-state index is 0.858. The maximum Gasteiger partial charge on any atom is 0.136 e. The summed E-state index contributed by atoms with van der Waals surface area (Å²) in [4.78, 5) is 2.39. The van der Waals surface area contributed by atoms with Crippen LogP contribution in [0.25, 0.3) is 87.7 Å². The molecule has 0 saturated heterocycles. The van der Waals surface area contributed by atoms with Crippen LogP contribution < -0.4 is 4.90 Å². The van der Waals surface area contributed by atoms with Gasteiger partial charge in [-0.25, -0.2) is 0 Å². The van der Waals surface area contributed by atoms with E-state index in [9.17, 15) is 0 Å². The van der Waals surface area contributed by atoms with Crippen molar-refractivity contribution in [1.29, 1.82) is 0 Å². The number of para-hydroxylation sites is 1. The summed E-state index contributed by atoms with van der Waals surface area (Å²) in [5.74, 6) is 0. The lowest BCUT2D eigenvalue weighted by Gasteiger charge is -2.28. The lowest BCUT2D eigenvalue weighted by molar-refractivity contribution is 0.663. The molecule has 0 radical (unpaired) electrons. The molecular formula is C50H31NO2. The van der Waals surface area contributed by atoms with E-state index < -0.39 is 0 Å². The summed E-state index contributed by atoms with van der Waals surface area (Å²) in [6.45, 7) is 0. The van der Waals surface area contributed by atoms with E-state index in [0.29, 0.717) is 0 Å². The molecule has 0 N–H and O–H groups in total. The summed E-state index contributed by atoms with van der Waals surface area (Å²) < 4.78 is 12.8. The van der Waals surface area contributed by atoms with E-state index in [1.165, 1.54) is 32.7 Å². The van der Waals surface area contributed by atoms with Crippen molar-refractivity contribution in [3.8, 4) is 22.3 Å². The molecule has 9 aromatic carbocycles. The second kappa shape index (κ2) is 11.7. The van der Waals surface area contributed by atoms with Gasteiger partial charge >= 0.3 is 0 Å². The maximum absolute atomic E-state index is 6.49. The predicted octanol–water partition coefficient (Wildman–Crippen LogP) is 14.6. The molecule has 0 aliphatic heterocycles. The second-order valence-corrected chi connectivity index (χ2v) is 13.6. The zero-order valence-electron chi connectivity index (χ0n) is 28.7. The summed E-state index contributed by atoms with van der Waals surface area (Å²) in [7, 11) is 0. The van der Waals surface area contributed by atoms with Crippen molar-refractivity contribution in [2.45, 2.75) is 0 Å². The third-order valence-corrected chi connectivity index (χ3v) is 10.7. The fraction of sp³-hybridized carbons (Fsp3) is 0. The highest BCUT2D eigenvalue weighted by atomic mass is 16.3. The van der Waals surface area contributed by atoms with E-state index >= 15 is 0 Å². The van der Waals surface area contributed by atoms with Crippen molar-refractivity contribution in [3.63, 3.8) is 0 Å². The van der Waals surface area contributed by atoms with Gasteiger partial charge < -0.3 is 13.7 Å². The van der Waals surface area contributed by atoms with E-state index in [2.05, 4.69) is 169 Å². The van der Waals surface area contributed by atoms with Crippen LogP contribution >= 0.6 is 0 Å². The first-order valence-corrected chi connectivity index (χ1v) is 18.0. The van der Waals surface area contributed by atoms with E-state index in [0.717, 1.165) is 72.1 Å². The Hall–Kier alpha value is -7.10. The van der Waals surface area contributed by atoms with Gasteiger partial charge in [0.05, 0.1) is 5.69 Å². The number of furan rings is 2. The highest BCUT2D eigenvalue weighted by Gasteiger charge is 2.21. The highest BCUT2D eigenvalue weighted by molar-refractivity contribution is 6.28. The molecule has 2 aromatic heterocycles. The normalized spacial score (nSPS) is 11.8. The first-order chi connectivity index (χ1) is 26.3. The average molecular weight is 678 g/mol. The average Bonchev–Trinajstić information content (AvgIpc) is 3.80. The first kappa shape index (κ1) is 29.6. The molecule has 11 aromatic rings. The number of fused-ring (bicyclic) bond motifs is 10. The van der Waals surface area contributed by atoms with E-state index in [4.69, 9.17) is 8.83 Å². The van der Waals surface area contributed by atoms with Crippen molar-refractivity contribution < 1.29 is 8.83 Å². The number of rotatable bonds is 5. The largest absolute Gasteiger partial charge is 0.456 e. The van der Waals surface area contributed by atoms with Crippen molar-refractivity contribution in [2.24, 2.45) is 0 Å². The fourth-order valence-electron chi connectivity index (χ4n) is 8.23. The smallest absolute Gasteiger partial charge is 0.136 e. The van der Waals surface area contributed by atoms with Crippen LogP contribution in [0.3, 0.4) is 0 Å².